The molecule has 1 aromatic rings. The van der Waals surface area contributed by atoms with Crippen molar-refractivity contribution in [1.29, 1.82) is 0 Å². The Kier molecular flexibility index (Phi) is 6.34. The molecule has 1 atom stereocenters. The van der Waals surface area contributed by atoms with E-state index in [0.29, 0.717) is 30.5 Å². The standard InChI is InChI=1S/C11H21N5O2/c1-3-9-14-10(6-11(15-9)16-12)13-8(4-5-17)7-18-2/h6,8,17H,3-5,7,12H2,1-2H3,(H2,13,14,15,16). The molecule has 7 heteroatoms. The van der Waals surface area contributed by atoms with Crippen LogP contribution in [0.25, 0.3) is 0 Å². The normalized spacial score (nSPS) is 12.2. The third-order valence-electron chi connectivity index (χ3n) is 2.43. The number of hydrogen-bond acceptors (Lipinski definition) is 7. The summed E-state index contributed by atoms with van der Waals surface area (Å²) in [5.74, 6) is 7.29. The number of methoxy groups -OCH3 is 1. The van der Waals surface area contributed by atoms with Gasteiger partial charge in [-0.2, -0.15) is 0 Å². The van der Waals surface area contributed by atoms with Crippen LogP contribution in [0.2, 0.25) is 0 Å². The second-order valence-electron chi connectivity index (χ2n) is 3.86. The molecular formula is C11H21N5O2. The van der Waals surface area contributed by atoms with Gasteiger partial charge in [-0.3, -0.25) is 0 Å². The largest absolute Gasteiger partial charge is 0.396 e. The van der Waals surface area contributed by atoms with Gasteiger partial charge in [-0.15, -0.1) is 0 Å². The van der Waals surface area contributed by atoms with Crippen LogP contribution >= 0.6 is 0 Å². The summed E-state index contributed by atoms with van der Waals surface area (Å²) in [4.78, 5) is 8.55. The van der Waals surface area contributed by atoms with Crippen molar-refractivity contribution in [2.45, 2.75) is 25.8 Å². The minimum atomic E-state index is 0.00484. The zero-order chi connectivity index (χ0) is 13.4. The van der Waals surface area contributed by atoms with E-state index in [9.17, 15) is 0 Å². The maximum absolute atomic E-state index is 8.98. The van der Waals surface area contributed by atoms with Crippen molar-refractivity contribution in [3.63, 3.8) is 0 Å². The number of nitrogen functional groups attached to an aromatic ring is 1. The van der Waals surface area contributed by atoms with Crippen molar-refractivity contribution < 1.29 is 9.84 Å². The number of aromatic nitrogens is 2. The second-order valence-corrected chi connectivity index (χ2v) is 3.86. The monoisotopic (exact) mass is 255 g/mol. The smallest absolute Gasteiger partial charge is 0.145 e. The molecular weight excluding hydrogens is 234 g/mol. The third-order valence-corrected chi connectivity index (χ3v) is 2.43. The number of nitrogens with zero attached hydrogens (tertiary/aromatic N) is 2. The quantitative estimate of drug-likeness (QED) is 0.386. The van der Waals surface area contributed by atoms with Crippen LogP contribution in [-0.4, -0.2) is 41.4 Å². The van der Waals surface area contributed by atoms with Gasteiger partial charge in [0.1, 0.15) is 17.5 Å². The maximum atomic E-state index is 8.98. The number of hydrogen-bond donors (Lipinski definition) is 4. The van der Waals surface area contributed by atoms with Gasteiger partial charge < -0.3 is 20.6 Å². The maximum Gasteiger partial charge on any atom is 0.145 e. The number of aliphatic hydroxyl groups excluding tert-OH is 1. The molecule has 0 aromatic carbocycles. The van der Waals surface area contributed by atoms with E-state index in [2.05, 4.69) is 20.7 Å². The lowest BCUT2D eigenvalue weighted by Crippen LogP contribution is -2.27. The number of hydrazine groups is 1. The summed E-state index contributed by atoms with van der Waals surface area (Å²) in [5.41, 5.74) is 2.51. The molecule has 102 valence electrons. The van der Waals surface area contributed by atoms with Crippen LogP contribution in [-0.2, 0) is 11.2 Å². The van der Waals surface area contributed by atoms with Gasteiger partial charge in [0.05, 0.1) is 12.6 Å². The number of aryl methyl sites for hydroxylation is 1. The van der Waals surface area contributed by atoms with Crippen LogP contribution in [0.15, 0.2) is 6.07 Å². The van der Waals surface area contributed by atoms with E-state index in [1.54, 1.807) is 13.2 Å². The highest BCUT2D eigenvalue weighted by Gasteiger charge is 2.10. The van der Waals surface area contributed by atoms with Gasteiger partial charge in [0.15, 0.2) is 0 Å². The first kappa shape index (κ1) is 14.6. The first-order chi connectivity index (χ1) is 8.73. The Bertz CT molecular complexity index is 333. The highest BCUT2D eigenvalue weighted by molar-refractivity contribution is 5.47. The number of rotatable bonds is 8. The molecule has 0 saturated carbocycles. The van der Waals surface area contributed by atoms with E-state index in [4.69, 9.17) is 15.7 Å². The van der Waals surface area contributed by atoms with E-state index in [-0.39, 0.29) is 12.6 Å². The first-order valence-corrected chi connectivity index (χ1v) is 5.94. The van der Waals surface area contributed by atoms with Gasteiger partial charge in [-0.25, -0.2) is 15.8 Å². The second kappa shape index (κ2) is 7.80. The molecule has 0 radical (unpaired) electrons. The number of ether oxygens (including phenoxy) is 1. The van der Waals surface area contributed by atoms with Gasteiger partial charge in [0.25, 0.3) is 0 Å². The number of nitrogens with two attached hydrogens (primary N) is 1. The lowest BCUT2D eigenvalue weighted by atomic mass is 10.2. The lowest BCUT2D eigenvalue weighted by Gasteiger charge is -2.18. The summed E-state index contributed by atoms with van der Waals surface area (Å²) in [6.07, 6.45) is 1.31. The van der Waals surface area contributed by atoms with Crippen molar-refractivity contribution >= 4 is 11.6 Å². The Morgan fingerprint density at radius 2 is 2.17 bits per heavy atom. The molecule has 1 unspecified atom stereocenters. The zero-order valence-electron chi connectivity index (χ0n) is 10.8. The first-order valence-electron chi connectivity index (χ1n) is 5.94. The summed E-state index contributed by atoms with van der Waals surface area (Å²) in [6, 6.07) is 1.73. The van der Waals surface area contributed by atoms with E-state index >= 15 is 0 Å². The van der Waals surface area contributed by atoms with Crippen LogP contribution in [0, 0.1) is 0 Å². The number of anilines is 2. The highest BCUT2D eigenvalue weighted by atomic mass is 16.5. The minimum Gasteiger partial charge on any atom is -0.396 e. The average molecular weight is 255 g/mol. The van der Waals surface area contributed by atoms with Crippen LogP contribution in [0.1, 0.15) is 19.2 Å². The molecule has 0 fully saturated rings. The fourth-order valence-electron chi connectivity index (χ4n) is 1.57. The minimum absolute atomic E-state index is 0.00484. The van der Waals surface area contributed by atoms with Crippen LogP contribution < -0.4 is 16.6 Å². The summed E-state index contributed by atoms with van der Waals surface area (Å²) >= 11 is 0. The van der Waals surface area contributed by atoms with Crippen LogP contribution in [0.3, 0.4) is 0 Å². The van der Waals surface area contributed by atoms with Gasteiger partial charge in [-0.1, -0.05) is 6.92 Å². The molecule has 0 saturated heterocycles. The molecule has 0 spiro atoms. The molecule has 0 aliphatic rings. The third kappa shape index (κ3) is 4.44. The summed E-state index contributed by atoms with van der Waals surface area (Å²) < 4.78 is 5.08. The van der Waals surface area contributed by atoms with Crippen molar-refractivity contribution in [2.24, 2.45) is 5.84 Å². The molecule has 1 heterocycles. The number of nitrogens with one attached hydrogen (secondary N) is 2. The van der Waals surface area contributed by atoms with Crippen molar-refractivity contribution in [2.75, 3.05) is 31.1 Å². The van der Waals surface area contributed by atoms with E-state index in [1.165, 1.54) is 0 Å². The average Bonchev–Trinajstić information content (AvgIpc) is 2.38. The topological polar surface area (TPSA) is 105 Å². The van der Waals surface area contributed by atoms with Gasteiger partial charge in [-0.05, 0) is 6.42 Å². The fourth-order valence-corrected chi connectivity index (χ4v) is 1.57. The zero-order valence-corrected chi connectivity index (χ0v) is 10.8. The Labute approximate surface area is 107 Å². The summed E-state index contributed by atoms with van der Waals surface area (Å²) in [7, 11) is 1.62. The Morgan fingerprint density at radius 1 is 1.44 bits per heavy atom. The van der Waals surface area contributed by atoms with Crippen LogP contribution in [0.5, 0.6) is 0 Å². The van der Waals surface area contributed by atoms with Crippen molar-refractivity contribution in [1.82, 2.24) is 9.97 Å². The molecule has 5 N–H and O–H groups in total. The predicted molar refractivity (Wildman–Crippen MR) is 70.2 cm³/mol. The molecule has 7 nitrogen and oxygen atoms in total. The lowest BCUT2D eigenvalue weighted by molar-refractivity contribution is 0.170. The molecule has 1 rings (SSSR count). The number of aliphatic hydroxyl groups is 1. The summed E-state index contributed by atoms with van der Waals surface area (Å²) in [6.45, 7) is 2.56. The van der Waals surface area contributed by atoms with Gasteiger partial charge in [0.2, 0.25) is 0 Å². The molecule has 18 heavy (non-hydrogen) atoms. The Balaban J connectivity index is 2.80. The fraction of sp³-hybridized carbons (Fsp3) is 0.636. The van der Waals surface area contributed by atoms with E-state index in [0.717, 1.165) is 6.42 Å². The van der Waals surface area contributed by atoms with Crippen molar-refractivity contribution in [3.05, 3.63) is 11.9 Å². The molecule has 0 aliphatic heterocycles. The van der Waals surface area contributed by atoms with Crippen LogP contribution in [0.4, 0.5) is 11.6 Å². The summed E-state index contributed by atoms with van der Waals surface area (Å²) in [5, 5.41) is 12.2. The van der Waals surface area contributed by atoms with Gasteiger partial charge >= 0.3 is 0 Å². The molecule has 0 amide bonds. The molecule has 0 bridgehead atoms. The van der Waals surface area contributed by atoms with Crippen molar-refractivity contribution in [3.8, 4) is 0 Å². The predicted octanol–water partition coefficient (Wildman–Crippen LogP) is 0.134. The van der Waals surface area contributed by atoms with Gasteiger partial charge in [0, 0.05) is 26.2 Å². The Hall–Kier alpha value is -1.44. The van der Waals surface area contributed by atoms with E-state index in [1.807, 2.05) is 6.92 Å². The highest BCUT2D eigenvalue weighted by Crippen LogP contribution is 2.13. The molecule has 1 aromatic heterocycles. The molecule has 0 aliphatic carbocycles. The Morgan fingerprint density at radius 3 is 2.72 bits per heavy atom. The SMILES string of the molecule is CCc1nc(NN)cc(NC(CCO)COC)n1. The van der Waals surface area contributed by atoms with E-state index < -0.39 is 0 Å².